The topological polar surface area (TPSA) is 56.7 Å². The van der Waals surface area contributed by atoms with Gasteiger partial charge >= 0.3 is 0 Å². The van der Waals surface area contributed by atoms with Crippen LogP contribution >= 0.6 is 0 Å². The number of nitrogens with two attached hydrogens (primary N) is 1. The van der Waals surface area contributed by atoms with Gasteiger partial charge in [-0.15, -0.1) is 0 Å². The van der Waals surface area contributed by atoms with Gasteiger partial charge in [0.25, 0.3) is 0 Å². The van der Waals surface area contributed by atoms with Gasteiger partial charge in [-0.25, -0.2) is 4.98 Å². The van der Waals surface area contributed by atoms with Crippen molar-refractivity contribution in [1.29, 1.82) is 0 Å². The van der Waals surface area contributed by atoms with Crippen LogP contribution in [-0.4, -0.2) is 21.3 Å². The predicted molar refractivity (Wildman–Crippen MR) is 56.7 cm³/mol. The Labute approximate surface area is 85.5 Å². The van der Waals surface area contributed by atoms with Gasteiger partial charge in [-0.1, -0.05) is 20.3 Å². The van der Waals surface area contributed by atoms with E-state index in [1.165, 1.54) is 12.8 Å². The van der Waals surface area contributed by atoms with Gasteiger partial charge in [-0.3, -0.25) is 4.68 Å². The van der Waals surface area contributed by atoms with Gasteiger partial charge in [0.2, 0.25) is 0 Å². The Bertz CT molecular complexity index is 241. The second-order valence-electron chi connectivity index (χ2n) is 4.48. The molecule has 0 atom stereocenters. The Morgan fingerprint density at radius 2 is 2.14 bits per heavy atom. The molecule has 0 unspecified atom stereocenters. The molecule has 0 aliphatic heterocycles. The number of hydrogen-bond acceptors (Lipinski definition) is 3. The predicted octanol–water partition coefficient (Wildman–Crippen LogP) is 1.43. The third kappa shape index (κ3) is 3.87. The first-order valence-corrected chi connectivity index (χ1v) is 5.16. The Hall–Kier alpha value is -0.900. The van der Waals surface area contributed by atoms with Crippen LogP contribution in [0.25, 0.3) is 0 Å². The SMILES string of the molecule is CC(C)(CN)CCCCn1cncn1. The quantitative estimate of drug-likeness (QED) is 0.700. The van der Waals surface area contributed by atoms with Crippen molar-refractivity contribution in [3.05, 3.63) is 12.7 Å². The molecule has 0 aromatic carbocycles. The van der Waals surface area contributed by atoms with Crippen molar-refractivity contribution in [3.8, 4) is 0 Å². The Balaban J connectivity index is 2.11. The zero-order chi connectivity index (χ0) is 10.4. The first-order valence-electron chi connectivity index (χ1n) is 5.16. The summed E-state index contributed by atoms with van der Waals surface area (Å²) in [5.74, 6) is 0. The number of rotatable bonds is 6. The highest BCUT2D eigenvalue weighted by Crippen LogP contribution is 2.21. The molecule has 0 radical (unpaired) electrons. The maximum Gasteiger partial charge on any atom is 0.137 e. The minimum absolute atomic E-state index is 0.280. The fraction of sp³-hybridized carbons (Fsp3) is 0.800. The fourth-order valence-corrected chi connectivity index (χ4v) is 1.33. The highest BCUT2D eigenvalue weighted by Gasteiger charge is 2.14. The number of unbranched alkanes of at least 4 members (excludes halogenated alkanes) is 1. The molecule has 1 aromatic rings. The first-order chi connectivity index (χ1) is 6.64. The minimum atomic E-state index is 0.280. The lowest BCUT2D eigenvalue weighted by Gasteiger charge is -2.21. The summed E-state index contributed by atoms with van der Waals surface area (Å²) in [6.07, 6.45) is 6.85. The summed E-state index contributed by atoms with van der Waals surface area (Å²) in [4.78, 5) is 3.90. The highest BCUT2D eigenvalue weighted by molar-refractivity contribution is 4.68. The highest BCUT2D eigenvalue weighted by atomic mass is 15.3. The lowest BCUT2D eigenvalue weighted by molar-refractivity contribution is 0.327. The van der Waals surface area contributed by atoms with E-state index >= 15 is 0 Å². The van der Waals surface area contributed by atoms with E-state index in [1.807, 2.05) is 4.68 Å². The molecule has 1 rings (SSSR count). The van der Waals surface area contributed by atoms with Crippen LogP contribution in [0.3, 0.4) is 0 Å². The molecule has 2 N–H and O–H groups in total. The van der Waals surface area contributed by atoms with E-state index in [1.54, 1.807) is 12.7 Å². The summed E-state index contributed by atoms with van der Waals surface area (Å²) < 4.78 is 1.87. The van der Waals surface area contributed by atoms with Gasteiger partial charge in [0.15, 0.2) is 0 Å². The molecule has 0 aliphatic carbocycles. The Morgan fingerprint density at radius 1 is 1.36 bits per heavy atom. The Morgan fingerprint density at radius 3 is 2.71 bits per heavy atom. The maximum atomic E-state index is 5.66. The number of hydrogen-bond donors (Lipinski definition) is 1. The van der Waals surface area contributed by atoms with Crippen LogP contribution in [-0.2, 0) is 6.54 Å². The molecule has 0 aliphatic rings. The molecule has 4 heteroatoms. The van der Waals surface area contributed by atoms with Crippen LogP contribution in [0.15, 0.2) is 12.7 Å². The molecule has 1 heterocycles. The second kappa shape index (κ2) is 5.10. The van der Waals surface area contributed by atoms with E-state index in [2.05, 4.69) is 23.9 Å². The average Bonchev–Trinajstić information content (AvgIpc) is 2.65. The third-order valence-electron chi connectivity index (χ3n) is 2.51. The van der Waals surface area contributed by atoms with Crippen molar-refractivity contribution in [3.63, 3.8) is 0 Å². The smallest absolute Gasteiger partial charge is 0.137 e. The van der Waals surface area contributed by atoms with Crippen LogP contribution in [0.5, 0.6) is 0 Å². The molecule has 0 amide bonds. The van der Waals surface area contributed by atoms with E-state index in [0.29, 0.717) is 0 Å². The summed E-state index contributed by atoms with van der Waals surface area (Å²) in [5, 5.41) is 4.05. The fourth-order valence-electron chi connectivity index (χ4n) is 1.33. The monoisotopic (exact) mass is 196 g/mol. The zero-order valence-electron chi connectivity index (χ0n) is 9.11. The number of aromatic nitrogens is 3. The van der Waals surface area contributed by atoms with Crippen LogP contribution in [0.4, 0.5) is 0 Å². The zero-order valence-corrected chi connectivity index (χ0v) is 9.11. The van der Waals surface area contributed by atoms with Crippen LogP contribution < -0.4 is 5.73 Å². The molecule has 0 saturated heterocycles. The normalized spacial score (nSPS) is 11.9. The van der Waals surface area contributed by atoms with Gasteiger partial charge in [0.05, 0.1) is 0 Å². The van der Waals surface area contributed by atoms with Gasteiger partial charge < -0.3 is 5.73 Å². The maximum absolute atomic E-state index is 5.66. The van der Waals surface area contributed by atoms with Crippen molar-refractivity contribution >= 4 is 0 Å². The van der Waals surface area contributed by atoms with Crippen LogP contribution in [0.1, 0.15) is 33.1 Å². The molecule has 80 valence electrons. The Kier molecular flexibility index (Phi) is 4.07. The molecule has 14 heavy (non-hydrogen) atoms. The molecular weight excluding hydrogens is 176 g/mol. The van der Waals surface area contributed by atoms with E-state index in [-0.39, 0.29) is 5.41 Å². The third-order valence-corrected chi connectivity index (χ3v) is 2.51. The van der Waals surface area contributed by atoms with E-state index in [0.717, 1.165) is 19.5 Å². The lowest BCUT2D eigenvalue weighted by Crippen LogP contribution is -2.23. The lowest BCUT2D eigenvalue weighted by atomic mass is 9.87. The summed E-state index contributed by atoms with van der Waals surface area (Å²) in [6, 6.07) is 0. The molecule has 4 nitrogen and oxygen atoms in total. The van der Waals surface area contributed by atoms with Crippen molar-refractivity contribution in [2.24, 2.45) is 11.1 Å². The van der Waals surface area contributed by atoms with Crippen LogP contribution in [0, 0.1) is 5.41 Å². The number of aryl methyl sites for hydroxylation is 1. The molecular formula is C10H20N4. The van der Waals surface area contributed by atoms with E-state index < -0.39 is 0 Å². The summed E-state index contributed by atoms with van der Waals surface area (Å²) in [6.45, 7) is 6.14. The van der Waals surface area contributed by atoms with Gasteiger partial charge in [0.1, 0.15) is 12.7 Å². The summed E-state index contributed by atoms with van der Waals surface area (Å²) >= 11 is 0. The molecule has 0 spiro atoms. The van der Waals surface area contributed by atoms with Crippen LogP contribution in [0.2, 0.25) is 0 Å². The average molecular weight is 196 g/mol. The molecule has 1 aromatic heterocycles. The van der Waals surface area contributed by atoms with Gasteiger partial charge in [-0.05, 0) is 24.8 Å². The number of nitrogens with zero attached hydrogens (tertiary/aromatic N) is 3. The van der Waals surface area contributed by atoms with Gasteiger partial charge in [-0.2, -0.15) is 5.10 Å². The minimum Gasteiger partial charge on any atom is -0.330 e. The van der Waals surface area contributed by atoms with Crippen molar-refractivity contribution in [1.82, 2.24) is 14.8 Å². The summed E-state index contributed by atoms with van der Waals surface area (Å²) in [5.41, 5.74) is 5.94. The largest absolute Gasteiger partial charge is 0.330 e. The van der Waals surface area contributed by atoms with Crippen molar-refractivity contribution in [2.75, 3.05) is 6.54 Å². The first kappa shape index (κ1) is 11.2. The van der Waals surface area contributed by atoms with E-state index in [9.17, 15) is 0 Å². The second-order valence-corrected chi connectivity index (χ2v) is 4.48. The van der Waals surface area contributed by atoms with Gasteiger partial charge in [0, 0.05) is 6.54 Å². The molecule has 0 fully saturated rings. The molecule has 0 bridgehead atoms. The van der Waals surface area contributed by atoms with Crippen molar-refractivity contribution < 1.29 is 0 Å². The summed E-state index contributed by atoms with van der Waals surface area (Å²) in [7, 11) is 0. The standard InChI is InChI=1S/C10H20N4/c1-10(2,7-11)5-3-4-6-14-9-12-8-13-14/h8-9H,3-7,11H2,1-2H3. The van der Waals surface area contributed by atoms with E-state index in [4.69, 9.17) is 5.73 Å². The molecule has 0 saturated carbocycles. The van der Waals surface area contributed by atoms with Crippen molar-refractivity contribution in [2.45, 2.75) is 39.7 Å².